The van der Waals surface area contributed by atoms with Gasteiger partial charge >= 0.3 is 0 Å². The third-order valence-electron chi connectivity index (χ3n) is 5.23. The van der Waals surface area contributed by atoms with E-state index in [1.165, 1.54) is 21.7 Å². The molecule has 0 aliphatic carbocycles. The highest BCUT2D eigenvalue weighted by Gasteiger charge is 2.27. The molecule has 4 rings (SSSR count). The van der Waals surface area contributed by atoms with Crippen LogP contribution in [0.15, 0.2) is 42.5 Å². The molecule has 2 aliphatic rings. The minimum Gasteiger partial charge on any atom is -0.293 e. The number of nitrogens with zero attached hydrogens (tertiary/aromatic N) is 2. The number of anilines is 1. The summed E-state index contributed by atoms with van der Waals surface area (Å²) in [7, 11) is -3.26. The predicted molar refractivity (Wildman–Crippen MR) is 102 cm³/mol. The van der Waals surface area contributed by atoms with Gasteiger partial charge in [-0.1, -0.05) is 24.3 Å². The van der Waals surface area contributed by atoms with E-state index in [1.54, 1.807) is 12.1 Å². The normalized spacial score (nSPS) is 17.0. The van der Waals surface area contributed by atoms with Crippen LogP contribution in [0.3, 0.4) is 0 Å². The van der Waals surface area contributed by atoms with Crippen LogP contribution in [-0.4, -0.2) is 45.0 Å². The number of carbonyl (C=O) groups is 1. The zero-order valence-corrected chi connectivity index (χ0v) is 15.6. The van der Waals surface area contributed by atoms with Crippen LogP contribution in [-0.2, 0) is 29.4 Å². The molecule has 0 unspecified atom stereocenters. The molecule has 0 saturated heterocycles. The monoisotopic (exact) mass is 370 g/mol. The highest BCUT2D eigenvalue weighted by Crippen LogP contribution is 2.31. The first-order valence-corrected chi connectivity index (χ1v) is 10.7. The second kappa shape index (κ2) is 6.52. The Balaban J connectivity index is 1.48. The van der Waals surface area contributed by atoms with Crippen LogP contribution >= 0.6 is 0 Å². The van der Waals surface area contributed by atoms with Gasteiger partial charge in [0.15, 0.2) is 5.78 Å². The lowest BCUT2D eigenvalue weighted by Crippen LogP contribution is -2.34. The maximum Gasteiger partial charge on any atom is 0.232 e. The molecular formula is C20H22N2O3S. The van der Waals surface area contributed by atoms with Crippen molar-refractivity contribution in [2.24, 2.45) is 0 Å². The Morgan fingerprint density at radius 2 is 1.73 bits per heavy atom. The lowest BCUT2D eigenvalue weighted by molar-refractivity contribution is 0.0921. The molecule has 0 N–H and O–H groups in total. The lowest BCUT2D eigenvalue weighted by Gasteiger charge is -2.28. The molecule has 0 fully saturated rings. The molecule has 6 heteroatoms. The van der Waals surface area contributed by atoms with Crippen LogP contribution < -0.4 is 4.31 Å². The highest BCUT2D eigenvalue weighted by atomic mass is 32.2. The van der Waals surface area contributed by atoms with Gasteiger partial charge < -0.3 is 0 Å². The van der Waals surface area contributed by atoms with Crippen molar-refractivity contribution in [2.45, 2.75) is 19.4 Å². The number of hydrogen-bond acceptors (Lipinski definition) is 4. The van der Waals surface area contributed by atoms with Gasteiger partial charge in [0.1, 0.15) is 0 Å². The molecule has 2 heterocycles. The summed E-state index contributed by atoms with van der Waals surface area (Å²) in [5, 5.41) is 0. The fraction of sp³-hybridized carbons (Fsp3) is 0.350. The molecule has 26 heavy (non-hydrogen) atoms. The number of ketones is 1. The SMILES string of the molecule is CS(=O)(=O)N1CCc2cc(C(=O)CN3CCc4ccccc4C3)ccc21. The quantitative estimate of drug-likeness (QED) is 0.775. The lowest BCUT2D eigenvalue weighted by atomic mass is 9.99. The first kappa shape index (κ1) is 17.2. The van der Waals surface area contributed by atoms with Crippen molar-refractivity contribution in [3.63, 3.8) is 0 Å². The molecule has 0 spiro atoms. The average molecular weight is 370 g/mol. The maximum atomic E-state index is 12.7. The molecular weight excluding hydrogens is 348 g/mol. The predicted octanol–water partition coefficient (Wildman–Crippen LogP) is 2.25. The van der Waals surface area contributed by atoms with Crippen molar-refractivity contribution < 1.29 is 13.2 Å². The van der Waals surface area contributed by atoms with Gasteiger partial charge in [0.2, 0.25) is 10.0 Å². The Morgan fingerprint density at radius 1 is 1.00 bits per heavy atom. The Bertz CT molecular complexity index is 969. The topological polar surface area (TPSA) is 57.7 Å². The smallest absolute Gasteiger partial charge is 0.232 e. The summed E-state index contributed by atoms with van der Waals surface area (Å²) in [6.45, 7) is 2.53. The first-order chi connectivity index (χ1) is 12.4. The Hall–Kier alpha value is -2.18. The number of Topliss-reactive ketones (excluding diaryl/α,β-unsaturated/α-hetero) is 1. The number of carbonyl (C=O) groups excluding carboxylic acids is 1. The zero-order valence-electron chi connectivity index (χ0n) is 14.8. The van der Waals surface area contributed by atoms with Crippen LogP contribution in [0.4, 0.5) is 5.69 Å². The first-order valence-electron chi connectivity index (χ1n) is 8.85. The van der Waals surface area contributed by atoms with E-state index in [4.69, 9.17) is 0 Å². The van der Waals surface area contributed by atoms with Crippen LogP contribution in [0, 0.1) is 0 Å². The van der Waals surface area contributed by atoms with E-state index in [0.29, 0.717) is 30.8 Å². The summed E-state index contributed by atoms with van der Waals surface area (Å²) in [5.41, 5.74) is 4.97. The van der Waals surface area contributed by atoms with Crippen molar-refractivity contribution >= 4 is 21.5 Å². The van der Waals surface area contributed by atoms with Crippen molar-refractivity contribution in [2.75, 3.05) is 30.2 Å². The number of fused-ring (bicyclic) bond motifs is 2. The van der Waals surface area contributed by atoms with Gasteiger partial charge in [0.25, 0.3) is 0 Å². The maximum absolute atomic E-state index is 12.7. The third kappa shape index (κ3) is 3.27. The van der Waals surface area contributed by atoms with Crippen molar-refractivity contribution in [1.29, 1.82) is 0 Å². The van der Waals surface area contributed by atoms with E-state index in [2.05, 4.69) is 23.1 Å². The van der Waals surface area contributed by atoms with Gasteiger partial charge in [-0.05, 0) is 47.7 Å². The largest absolute Gasteiger partial charge is 0.293 e. The van der Waals surface area contributed by atoms with Crippen LogP contribution in [0.5, 0.6) is 0 Å². The summed E-state index contributed by atoms with van der Waals surface area (Å²) < 4.78 is 25.1. The van der Waals surface area contributed by atoms with E-state index in [9.17, 15) is 13.2 Å². The van der Waals surface area contributed by atoms with Gasteiger partial charge in [-0.25, -0.2) is 8.42 Å². The van der Waals surface area contributed by atoms with Crippen molar-refractivity contribution in [3.05, 3.63) is 64.7 Å². The summed E-state index contributed by atoms with van der Waals surface area (Å²) in [6, 6.07) is 13.8. The van der Waals surface area contributed by atoms with Crippen LogP contribution in [0.2, 0.25) is 0 Å². The average Bonchev–Trinajstić information content (AvgIpc) is 3.05. The van der Waals surface area contributed by atoms with Gasteiger partial charge in [-0.2, -0.15) is 0 Å². The Morgan fingerprint density at radius 3 is 2.50 bits per heavy atom. The highest BCUT2D eigenvalue weighted by molar-refractivity contribution is 7.92. The van der Waals surface area contributed by atoms with E-state index < -0.39 is 10.0 Å². The summed E-state index contributed by atoms with van der Waals surface area (Å²) in [6.07, 6.45) is 2.84. The van der Waals surface area contributed by atoms with E-state index >= 15 is 0 Å². The number of sulfonamides is 1. The third-order valence-corrected chi connectivity index (χ3v) is 6.41. The molecule has 0 atom stereocenters. The molecule has 0 amide bonds. The minimum atomic E-state index is -3.26. The summed E-state index contributed by atoms with van der Waals surface area (Å²) in [4.78, 5) is 14.9. The second-order valence-electron chi connectivity index (χ2n) is 7.08. The zero-order chi connectivity index (χ0) is 18.3. The standard InChI is InChI=1S/C20H22N2O3S/c1-26(24,25)22-11-9-16-12-17(6-7-19(16)22)20(23)14-21-10-8-15-4-2-3-5-18(15)13-21/h2-7,12H,8-11,13-14H2,1H3. The molecule has 0 saturated carbocycles. The van der Waals surface area contributed by atoms with E-state index in [0.717, 1.165) is 25.1 Å². The number of hydrogen-bond donors (Lipinski definition) is 0. The van der Waals surface area contributed by atoms with Crippen LogP contribution in [0.25, 0.3) is 0 Å². The van der Waals surface area contributed by atoms with Crippen molar-refractivity contribution in [3.8, 4) is 0 Å². The number of benzene rings is 2. The van der Waals surface area contributed by atoms with Crippen LogP contribution in [0.1, 0.15) is 27.0 Å². The molecule has 0 bridgehead atoms. The molecule has 0 aromatic heterocycles. The summed E-state index contributed by atoms with van der Waals surface area (Å²) in [5.74, 6) is 0.0880. The summed E-state index contributed by atoms with van der Waals surface area (Å²) >= 11 is 0. The minimum absolute atomic E-state index is 0.0880. The molecule has 5 nitrogen and oxygen atoms in total. The van der Waals surface area contributed by atoms with Gasteiger partial charge in [-0.15, -0.1) is 0 Å². The van der Waals surface area contributed by atoms with Crippen molar-refractivity contribution in [1.82, 2.24) is 4.90 Å². The number of rotatable bonds is 4. The van der Waals surface area contributed by atoms with Gasteiger partial charge in [0, 0.05) is 25.2 Å². The van der Waals surface area contributed by atoms with Gasteiger partial charge in [-0.3, -0.25) is 14.0 Å². The van der Waals surface area contributed by atoms with E-state index in [-0.39, 0.29) is 5.78 Å². The van der Waals surface area contributed by atoms with E-state index in [1.807, 2.05) is 12.1 Å². The van der Waals surface area contributed by atoms with Gasteiger partial charge in [0.05, 0.1) is 18.5 Å². The fourth-order valence-electron chi connectivity index (χ4n) is 3.87. The molecule has 2 aliphatic heterocycles. The molecule has 0 radical (unpaired) electrons. The fourth-order valence-corrected chi connectivity index (χ4v) is 4.83. The Kier molecular flexibility index (Phi) is 4.32. The molecule has 2 aromatic rings. The molecule has 2 aromatic carbocycles. The Labute approximate surface area is 154 Å². The second-order valence-corrected chi connectivity index (χ2v) is 8.99. The molecule has 136 valence electrons.